The molecule has 1 atom stereocenters. The molecule has 1 saturated heterocycles. The Hall–Kier alpha value is -0.670. The maximum absolute atomic E-state index is 11.2. The fraction of sp³-hybridized carbons (Fsp3) is 0.769. The lowest BCUT2D eigenvalue weighted by molar-refractivity contribution is -0.120. The quantitative estimate of drug-likeness (QED) is 0.675. The van der Waals surface area contributed by atoms with Gasteiger partial charge >= 0.3 is 0 Å². The molecule has 16 heavy (non-hydrogen) atoms. The topological polar surface area (TPSA) is 35.5 Å². The number of carbonyl (C=O) groups is 1. The Balaban J connectivity index is 2.26. The van der Waals surface area contributed by atoms with Gasteiger partial charge in [-0.05, 0) is 25.3 Å². The van der Waals surface area contributed by atoms with E-state index in [0.29, 0.717) is 19.1 Å². The molecule has 90 valence electrons. The fourth-order valence-corrected chi connectivity index (χ4v) is 2.95. The molecule has 0 aromatic rings. The van der Waals surface area contributed by atoms with E-state index in [-0.39, 0.29) is 11.7 Å². The highest BCUT2D eigenvalue weighted by molar-refractivity contribution is 5.77. The van der Waals surface area contributed by atoms with Gasteiger partial charge in [-0.25, -0.2) is 0 Å². The standard InChI is InChI=1S/C13H20O3/c1-9-4-5-10(12-15-6-7-16-12)13(2,3)11(9)8-14/h8,10,12H,4-7H2,1-3H3. The zero-order valence-corrected chi connectivity index (χ0v) is 10.3. The van der Waals surface area contributed by atoms with Gasteiger partial charge in [0, 0.05) is 11.3 Å². The molecule has 1 heterocycles. The van der Waals surface area contributed by atoms with E-state index in [2.05, 4.69) is 20.8 Å². The van der Waals surface area contributed by atoms with E-state index >= 15 is 0 Å². The van der Waals surface area contributed by atoms with Crippen LogP contribution in [0, 0.1) is 11.3 Å². The Labute approximate surface area is 96.8 Å². The Morgan fingerprint density at radius 2 is 1.94 bits per heavy atom. The molecule has 0 N–H and O–H groups in total. The van der Waals surface area contributed by atoms with Gasteiger partial charge in [-0.3, -0.25) is 4.79 Å². The van der Waals surface area contributed by atoms with Gasteiger partial charge in [0.1, 0.15) is 6.29 Å². The molecule has 0 aromatic carbocycles. The van der Waals surface area contributed by atoms with Crippen molar-refractivity contribution in [2.24, 2.45) is 11.3 Å². The van der Waals surface area contributed by atoms with Crippen molar-refractivity contribution in [3.05, 3.63) is 11.1 Å². The molecule has 0 radical (unpaired) electrons. The first-order chi connectivity index (χ1) is 7.57. The van der Waals surface area contributed by atoms with Crippen LogP contribution in [-0.2, 0) is 14.3 Å². The summed E-state index contributed by atoms with van der Waals surface area (Å²) in [5.74, 6) is 0.291. The molecular weight excluding hydrogens is 204 g/mol. The molecule has 0 aromatic heterocycles. The Morgan fingerprint density at radius 3 is 2.50 bits per heavy atom. The van der Waals surface area contributed by atoms with Gasteiger partial charge in [0.15, 0.2) is 6.29 Å². The van der Waals surface area contributed by atoms with Gasteiger partial charge in [0.2, 0.25) is 0 Å². The maximum Gasteiger partial charge on any atom is 0.161 e. The molecule has 2 aliphatic rings. The van der Waals surface area contributed by atoms with Crippen LogP contribution in [0.1, 0.15) is 33.6 Å². The summed E-state index contributed by atoms with van der Waals surface area (Å²) in [6.45, 7) is 7.65. The Kier molecular flexibility index (Phi) is 3.17. The minimum Gasteiger partial charge on any atom is -0.350 e. The highest BCUT2D eigenvalue weighted by Gasteiger charge is 2.43. The minimum atomic E-state index is -0.140. The van der Waals surface area contributed by atoms with Crippen LogP contribution in [-0.4, -0.2) is 25.8 Å². The van der Waals surface area contributed by atoms with Crippen molar-refractivity contribution in [1.29, 1.82) is 0 Å². The van der Waals surface area contributed by atoms with E-state index < -0.39 is 0 Å². The molecular formula is C13H20O3. The number of hydrogen-bond acceptors (Lipinski definition) is 3. The van der Waals surface area contributed by atoms with Crippen LogP contribution in [0.5, 0.6) is 0 Å². The molecule has 1 aliphatic heterocycles. The van der Waals surface area contributed by atoms with Gasteiger partial charge in [-0.1, -0.05) is 19.4 Å². The van der Waals surface area contributed by atoms with Crippen molar-refractivity contribution in [2.75, 3.05) is 13.2 Å². The number of rotatable bonds is 2. The van der Waals surface area contributed by atoms with Gasteiger partial charge in [-0.15, -0.1) is 0 Å². The summed E-state index contributed by atoms with van der Waals surface area (Å²) < 4.78 is 11.2. The molecule has 3 heteroatoms. The first kappa shape index (κ1) is 11.8. The van der Waals surface area contributed by atoms with Crippen molar-refractivity contribution in [2.45, 2.75) is 39.9 Å². The summed E-state index contributed by atoms with van der Waals surface area (Å²) in [5, 5.41) is 0. The van der Waals surface area contributed by atoms with Gasteiger partial charge in [0.05, 0.1) is 13.2 Å². The monoisotopic (exact) mass is 224 g/mol. The van der Waals surface area contributed by atoms with Crippen LogP contribution in [0.25, 0.3) is 0 Å². The zero-order chi connectivity index (χ0) is 11.8. The lowest BCUT2D eigenvalue weighted by atomic mass is 9.65. The third-order valence-corrected chi connectivity index (χ3v) is 4.01. The van der Waals surface area contributed by atoms with Crippen LogP contribution in [0.2, 0.25) is 0 Å². The largest absolute Gasteiger partial charge is 0.350 e. The van der Waals surface area contributed by atoms with E-state index in [1.165, 1.54) is 5.57 Å². The second kappa shape index (κ2) is 4.30. The van der Waals surface area contributed by atoms with E-state index in [1.807, 2.05) is 0 Å². The maximum atomic E-state index is 11.2. The summed E-state index contributed by atoms with van der Waals surface area (Å²) in [6, 6.07) is 0. The summed E-state index contributed by atoms with van der Waals surface area (Å²) in [4.78, 5) is 11.2. The van der Waals surface area contributed by atoms with E-state index in [4.69, 9.17) is 9.47 Å². The summed E-state index contributed by atoms with van der Waals surface area (Å²) in [7, 11) is 0. The molecule has 3 nitrogen and oxygen atoms in total. The predicted octanol–water partition coefficient (Wildman–Crippen LogP) is 2.31. The first-order valence-electron chi connectivity index (χ1n) is 5.96. The second-order valence-corrected chi connectivity index (χ2v) is 5.29. The molecule has 0 bridgehead atoms. The van der Waals surface area contributed by atoms with Gasteiger partial charge in [0.25, 0.3) is 0 Å². The number of ether oxygens (including phenoxy) is 2. The normalized spacial score (nSPS) is 30.8. The molecule has 0 spiro atoms. The predicted molar refractivity (Wildman–Crippen MR) is 61.0 cm³/mol. The van der Waals surface area contributed by atoms with E-state index in [9.17, 15) is 4.79 Å². The SMILES string of the molecule is CC1=C(C=O)C(C)(C)C(C2OCCO2)CC1. The van der Waals surface area contributed by atoms with Crippen molar-refractivity contribution in [1.82, 2.24) is 0 Å². The second-order valence-electron chi connectivity index (χ2n) is 5.29. The summed E-state index contributed by atoms with van der Waals surface area (Å²) in [5.41, 5.74) is 2.01. The number of allylic oxidation sites excluding steroid dienone is 2. The number of carbonyl (C=O) groups excluding carboxylic acids is 1. The van der Waals surface area contributed by atoms with Crippen molar-refractivity contribution in [3.8, 4) is 0 Å². The van der Waals surface area contributed by atoms with Crippen LogP contribution < -0.4 is 0 Å². The first-order valence-corrected chi connectivity index (χ1v) is 5.96. The smallest absolute Gasteiger partial charge is 0.161 e. The highest BCUT2D eigenvalue weighted by Crippen LogP contribution is 2.46. The molecule has 1 aliphatic carbocycles. The summed E-state index contributed by atoms with van der Waals surface area (Å²) in [6.07, 6.45) is 2.90. The lowest BCUT2D eigenvalue weighted by Crippen LogP contribution is -2.39. The molecule has 1 fully saturated rings. The average Bonchev–Trinajstić information content (AvgIpc) is 2.70. The van der Waals surface area contributed by atoms with Crippen LogP contribution >= 0.6 is 0 Å². The van der Waals surface area contributed by atoms with Crippen molar-refractivity contribution in [3.63, 3.8) is 0 Å². The third kappa shape index (κ3) is 1.82. The molecule has 1 unspecified atom stereocenters. The lowest BCUT2D eigenvalue weighted by Gasteiger charge is -2.41. The molecule has 2 rings (SSSR count). The molecule has 0 saturated carbocycles. The number of hydrogen-bond donors (Lipinski definition) is 0. The van der Waals surface area contributed by atoms with Crippen molar-refractivity contribution < 1.29 is 14.3 Å². The zero-order valence-electron chi connectivity index (χ0n) is 10.3. The average molecular weight is 224 g/mol. The highest BCUT2D eigenvalue weighted by atomic mass is 16.7. The summed E-state index contributed by atoms with van der Waals surface area (Å²) >= 11 is 0. The van der Waals surface area contributed by atoms with E-state index in [0.717, 1.165) is 24.7 Å². The van der Waals surface area contributed by atoms with E-state index in [1.54, 1.807) is 0 Å². The third-order valence-electron chi connectivity index (χ3n) is 4.01. The Bertz CT molecular complexity index is 311. The number of aldehydes is 1. The van der Waals surface area contributed by atoms with Crippen LogP contribution in [0.4, 0.5) is 0 Å². The fourth-order valence-electron chi connectivity index (χ4n) is 2.95. The van der Waals surface area contributed by atoms with Gasteiger partial charge < -0.3 is 9.47 Å². The minimum absolute atomic E-state index is 0.127. The molecule has 0 amide bonds. The van der Waals surface area contributed by atoms with Crippen LogP contribution in [0.15, 0.2) is 11.1 Å². The Morgan fingerprint density at radius 1 is 1.31 bits per heavy atom. The van der Waals surface area contributed by atoms with Crippen LogP contribution in [0.3, 0.4) is 0 Å². The van der Waals surface area contributed by atoms with Gasteiger partial charge in [-0.2, -0.15) is 0 Å². The van der Waals surface area contributed by atoms with Crippen molar-refractivity contribution >= 4 is 6.29 Å².